The van der Waals surface area contributed by atoms with Crippen molar-refractivity contribution in [1.29, 1.82) is 0 Å². The number of thioether (sulfide) groups is 1. The third-order valence-electron chi connectivity index (χ3n) is 4.02. The van der Waals surface area contributed by atoms with Crippen LogP contribution in [-0.4, -0.2) is 41.4 Å². The van der Waals surface area contributed by atoms with Crippen molar-refractivity contribution in [3.63, 3.8) is 0 Å². The summed E-state index contributed by atoms with van der Waals surface area (Å²) in [5, 5.41) is 5.60. The van der Waals surface area contributed by atoms with E-state index in [1.165, 1.54) is 16.2 Å². The van der Waals surface area contributed by atoms with E-state index in [1.807, 2.05) is 23.1 Å². The van der Waals surface area contributed by atoms with E-state index < -0.39 is 0 Å². The summed E-state index contributed by atoms with van der Waals surface area (Å²) in [4.78, 5) is 16.0. The first kappa shape index (κ1) is 16.1. The summed E-state index contributed by atoms with van der Waals surface area (Å²) in [6, 6.07) is 2.79. The zero-order valence-electron chi connectivity index (χ0n) is 11.6. The van der Waals surface area contributed by atoms with E-state index in [4.69, 9.17) is 0 Å². The van der Waals surface area contributed by atoms with Crippen molar-refractivity contribution in [3.8, 4) is 0 Å². The fourth-order valence-electron chi connectivity index (χ4n) is 2.93. The molecule has 2 aliphatic rings. The molecule has 1 amide bonds. The van der Waals surface area contributed by atoms with Gasteiger partial charge in [0.2, 0.25) is 5.91 Å². The second-order valence-corrected chi connectivity index (χ2v) is 7.39. The Morgan fingerprint density at radius 1 is 1.55 bits per heavy atom. The first-order chi connectivity index (χ1) is 9.25. The van der Waals surface area contributed by atoms with Crippen LogP contribution >= 0.6 is 35.5 Å². The minimum absolute atomic E-state index is 0. The molecular weight excluding hydrogens is 312 g/mol. The summed E-state index contributed by atoms with van der Waals surface area (Å²) in [6.45, 7) is 4.08. The average Bonchev–Trinajstić information content (AvgIpc) is 2.89. The minimum Gasteiger partial charge on any atom is -0.335 e. The van der Waals surface area contributed by atoms with Crippen LogP contribution in [0.5, 0.6) is 0 Å². The predicted octanol–water partition coefficient (Wildman–Crippen LogP) is 2.71. The van der Waals surface area contributed by atoms with Gasteiger partial charge in [-0.25, -0.2) is 0 Å². The standard InChI is InChI=1S/C14H20N2OS2.ClH/c1-10-12-3-6-19-13(12)2-5-16(10)14(17)8-11-9-18-7-4-15-11;/h3,6,10-11,15H,2,4-5,7-9H2,1H3;1H. The molecule has 1 aromatic heterocycles. The second kappa shape index (κ2) is 7.16. The molecule has 2 aliphatic heterocycles. The summed E-state index contributed by atoms with van der Waals surface area (Å²) >= 11 is 3.78. The molecule has 0 saturated carbocycles. The van der Waals surface area contributed by atoms with Crippen LogP contribution in [-0.2, 0) is 11.2 Å². The third-order valence-corrected chi connectivity index (χ3v) is 6.14. The summed E-state index contributed by atoms with van der Waals surface area (Å²) in [5.41, 5.74) is 1.36. The average molecular weight is 333 g/mol. The Labute approximate surface area is 134 Å². The van der Waals surface area contributed by atoms with Crippen molar-refractivity contribution in [3.05, 3.63) is 21.9 Å². The van der Waals surface area contributed by atoms with Gasteiger partial charge in [0, 0.05) is 41.9 Å². The first-order valence-corrected chi connectivity index (χ1v) is 8.96. The fourth-order valence-corrected chi connectivity index (χ4v) is 4.84. The topological polar surface area (TPSA) is 32.3 Å². The maximum atomic E-state index is 12.5. The summed E-state index contributed by atoms with van der Waals surface area (Å²) in [7, 11) is 0. The molecule has 3 rings (SSSR count). The van der Waals surface area contributed by atoms with Crippen molar-refractivity contribution in [1.82, 2.24) is 10.2 Å². The largest absolute Gasteiger partial charge is 0.335 e. The van der Waals surface area contributed by atoms with Gasteiger partial charge in [-0.3, -0.25) is 4.79 Å². The van der Waals surface area contributed by atoms with Gasteiger partial charge in [-0.2, -0.15) is 11.8 Å². The number of amides is 1. The Kier molecular flexibility index (Phi) is 5.78. The quantitative estimate of drug-likeness (QED) is 0.903. The molecule has 0 aromatic carbocycles. The Hall–Kier alpha value is -0.230. The zero-order chi connectivity index (χ0) is 13.2. The zero-order valence-corrected chi connectivity index (χ0v) is 14.1. The van der Waals surface area contributed by atoms with E-state index in [0.29, 0.717) is 18.4 Å². The van der Waals surface area contributed by atoms with Gasteiger partial charge in [0.25, 0.3) is 0 Å². The van der Waals surface area contributed by atoms with E-state index in [9.17, 15) is 4.79 Å². The smallest absolute Gasteiger partial charge is 0.224 e. The van der Waals surface area contributed by atoms with Crippen LogP contribution in [0.1, 0.15) is 29.8 Å². The predicted molar refractivity (Wildman–Crippen MR) is 89.1 cm³/mol. The first-order valence-electron chi connectivity index (χ1n) is 6.92. The van der Waals surface area contributed by atoms with Gasteiger partial charge in [-0.15, -0.1) is 23.7 Å². The Morgan fingerprint density at radius 3 is 3.15 bits per heavy atom. The third kappa shape index (κ3) is 3.32. The summed E-state index contributed by atoms with van der Waals surface area (Å²) in [6.07, 6.45) is 1.67. The number of rotatable bonds is 2. The molecule has 0 spiro atoms. The van der Waals surface area contributed by atoms with Crippen LogP contribution < -0.4 is 5.32 Å². The highest BCUT2D eigenvalue weighted by Crippen LogP contribution is 2.33. The summed E-state index contributed by atoms with van der Waals surface area (Å²) in [5.74, 6) is 2.55. The maximum Gasteiger partial charge on any atom is 0.224 e. The highest BCUT2D eigenvalue weighted by molar-refractivity contribution is 7.99. The van der Waals surface area contributed by atoms with Crippen LogP contribution in [0.3, 0.4) is 0 Å². The number of carbonyl (C=O) groups is 1. The molecule has 1 fully saturated rings. The van der Waals surface area contributed by atoms with Gasteiger partial charge in [-0.1, -0.05) is 0 Å². The van der Waals surface area contributed by atoms with Crippen LogP contribution in [0.25, 0.3) is 0 Å². The lowest BCUT2D eigenvalue weighted by molar-refractivity contribution is -0.134. The Balaban J connectivity index is 0.00000147. The van der Waals surface area contributed by atoms with Gasteiger partial charge in [0.1, 0.15) is 0 Å². The number of nitrogens with zero attached hydrogens (tertiary/aromatic N) is 1. The molecule has 2 atom stereocenters. The molecule has 2 unspecified atom stereocenters. The fraction of sp³-hybridized carbons (Fsp3) is 0.643. The van der Waals surface area contributed by atoms with E-state index in [0.717, 1.165) is 25.3 Å². The van der Waals surface area contributed by atoms with Crippen molar-refractivity contribution < 1.29 is 4.79 Å². The molecule has 0 bridgehead atoms. The number of halogens is 1. The lowest BCUT2D eigenvalue weighted by Crippen LogP contribution is -2.44. The summed E-state index contributed by atoms with van der Waals surface area (Å²) < 4.78 is 0. The molecular formula is C14H21ClN2OS2. The SMILES string of the molecule is CC1c2ccsc2CCN1C(=O)CC1CSCCN1.Cl. The number of fused-ring (bicyclic) bond motifs is 1. The lowest BCUT2D eigenvalue weighted by atomic mass is 10.0. The van der Waals surface area contributed by atoms with Crippen LogP contribution in [0.4, 0.5) is 0 Å². The highest BCUT2D eigenvalue weighted by atomic mass is 35.5. The molecule has 0 aliphatic carbocycles. The Morgan fingerprint density at radius 2 is 2.40 bits per heavy atom. The molecule has 3 heterocycles. The molecule has 1 aromatic rings. The molecule has 112 valence electrons. The van der Waals surface area contributed by atoms with Gasteiger partial charge in [0.05, 0.1) is 6.04 Å². The van der Waals surface area contributed by atoms with Crippen molar-refractivity contribution in [2.75, 3.05) is 24.6 Å². The van der Waals surface area contributed by atoms with Crippen molar-refractivity contribution in [2.24, 2.45) is 0 Å². The number of thiophene rings is 1. The number of nitrogens with one attached hydrogen (secondary N) is 1. The Bertz CT molecular complexity index is 460. The van der Waals surface area contributed by atoms with Crippen molar-refractivity contribution >= 4 is 41.4 Å². The maximum absolute atomic E-state index is 12.5. The molecule has 3 nitrogen and oxygen atoms in total. The number of carbonyl (C=O) groups excluding carboxylic acids is 1. The van der Waals surface area contributed by atoms with Crippen LogP contribution in [0, 0.1) is 0 Å². The monoisotopic (exact) mass is 332 g/mol. The van der Waals surface area contributed by atoms with E-state index in [2.05, 4.69) is 28.6 Å². The minimum atomic E-state index is 0. The molecule has 20 heavy (non-hydrogen) atoms. The van der Waals surface area contributed by atoms with Gasteiger partial charge in [-0.05, 0) is 30.4 Å². The van der Waals surface area contributed by atoms with Gasteiger partial charge < -0.3 is 10.2 Å². The molecule has 1 saturated heterocycles. The normalized spacial score (nSPS) is 25.8. The van der Waals surface area contributed by atoms with E-state index in [1.54, 1.807) is 0 Å². The number of hydrogen-bond acceptors (Lipinski definition) is 4. The highest BCUT2D eigenvalue weighted by Gasteiger charge is 2.29. The van der Waals surface area contributed by atoms with Crippen LogP contribution in [0.2, 0.25) is 0 Å². The van der Waals surface area contributed by atoms with Gasteiger partial charge >= 0.3 is 0 Å². The molecule has 0 radical (unpaired) electrons. The van der Waals surface area contributed by atoms with E-state index in [-0.39, 0.29) is 18.4 Å². The lowest BCUT2D eigenvalue weighted by Gasteiger charge is -2.35. The van der Waals surface area contributed by atoms with Crippen molar-refractivity contribution in [2.45, 2.75) is 31.8 Å². The molecule has 1 N–H and O–H groups in total. The number of hydrogen-bond donors (Lipinski definition) is 1. The van der Waals surface area contributed by atoms with E-state index >= 15 is 0 Å². The van der Waals surface area contributed by atoms with Crippen LogP contribution in [0.15, 0.2) is 11.4 Å². The van der Waals surface area contributed by atoms with Gasteiger partial charge in [0.15, 0.2) is 0 Å². The molecule has 6 heteroatoms. The second-order valence-electron chi connectivity index (χ2n) is 5.24.